The van der Waals surface area contributed by atoms with Crippen LogP contribution in [0.5, 0.6) is 0 Å². The Kier molecular flexibility index (Phi) is 5.58. The van der Waals surface area contributed by atoms with Crippen LogP contribution in [0.1, 0.15) is 48.9 Å². The molecule has 4 aliphatic carbocycles. The van der Waals surface area contributed by atoms with Crippen molar-refractivity contribution < 1.29 is 18.0 Å². The predicted molar refractivity (Wildman–Crippen MR) is 125 cm³/mol. The lowest BCUT2D eigenvalue weighted by molar-refractivity contribution is -0.147. The van der Waals surface area contributed by atoms with Gasteiger partial charge in [-0.25, -0.2) is 8.42 Å². The minimum absolute atomic E-state index is 0.0727. The topological polar surface area (TPSA) is 104 Å². The molecule has 1 aromatic carbocycles. The van der Waals surface area contributed by atoms with Gasteiger partial charge in [0, 0.05) is 11.3 Å². The zero-order chi connectivity index (χ0) is 22.5. The van der Waals surface area contributed by atoms with Crippen LogP contribution < -0.4 is 15.6 Å². The third-order valence-corrected chi connectivity index (χ3v) is 10.5. The molecule has 0 radical (unpaired) electrons. The Bertz CT molecular complexity index is 1120. The molecule has 10 heteroatoms. The quantitative estimate of drug-likeness (QED) is 0.494. The highest BCUT2D eigenvalue weighted by Gasteiger charge is 2.54. The number of thiophene rings is 1. The summed E-state index contributed by atoms with van der Waals surface area (Å²) in [6.45, 7) is 0. The van der Waals surface area contributed by atoms with Crippen molar-refractivity contribution >= 4 is 54.8 Å². The van der Waals surface area contributed by atoms with Crippen molar-refractivity contribution in [2.75, 3.05) is 4.72 Å². The lowest BCUT2D eigenvalue weighted by Crippen LogP contribution is -2.56. The molecule has 0 spiro atoms. The van der Waals surface area contributed by atoms with Crippen molar-refractivity contribution in [2.45, 2.75) is 42.7 Å². The molecule has 1 heterocycles. The van der Waals surface area contributed by atoms with E-state index in [9.17, 15) is 18.0 Å². The Morgan fingerprint density at radius 3 is 2.03 bits per heavy atom. The van der Waals surface area contributed by atoms with Crippen LogP contribution in [-0.2, 0) is 14.8 Å². The van der Waals surface area contributed by atoms with E-state index < -0.39 is 15.9 Å². The fourth-order valence-corrected chi connectivity index (χ4v) is 9.11. The van der Waals surface area contributed by atoms with Crippen molar-refractivity contribution in [1.82, 2.24) is 10.9 Å². The number of hydrogen-bond donors (Lipinski definition) is 3. The Labute approximate surface area is 199 Å². The van der Waals surface area contributed by atoms with Crippen molar-refractivity contribution in [3.63, 3.8) is 0 Å². The van der Waals surface area contributed by atoms with E-state index in [1.807, 2.05) is 0 Å². The molecule has 4 saturated carbocycles. The first-order valence-corrected chi connectivity index (χ1v) is 13.8. The van der Waals surface area contributed by atoms with Crippen LogP contribution >= 0.6 is 27.3 Å². The predicted octanol–water partition coefficient (Wildman–Crippen LogP) is 4.29. The average molecular weight is 538 g/mol. The number of anilines is 1. The first-order chi connectivity index (χ1) is 15.2. The smallest absolute Gasteiger partial charge is 0.271 e. The number of hydrazine groups is 1. The lowest BCUT2D eigenvalue weighted by Gasteiger charge is -2.55. The van der Waals surface area contributed by atoms with Crippen LogP contribution in [0.4, 0.5) is 5.69 Å². The van der Waals surface area contributed by atoms with Crippen LogP contribution in [-0.4, -0.2) is 20.2 Å². The van der Waals surface area contributed by atoms with E-state index in [1.54, 1.807) is 6.07 Å². The van der Waals surface area contributed by atoms with Gasteiger partial charge in [0.15, 0.2) is 0 Å². The van der Waals surface area contributed by atoms with Gasteiger partial charge in [-0.2, -0.15) is 0 Å². The van der Waals surface area contributed by atoms with E-state index in [4.69, 9.17) is 0 Å². The molecule has 7 nitrogen and oxygen atoms in total. The maximum absolute atomic E-state index is 13.0. The number of nitrogens with one attached hydrogen (secondary N) is 3. The number of benzene rings is 1. The van der Waals surface area contributed by atoms with Gasteiger partial charge in [0.1, 0.15) is 4.21 Å². The molecular weight excluding hydrogens is 514 g/mol. The third-order valence-electron chi connectivity index (χ3n) is 7.02. The zero-order valence-electron chi connectivity index (χ0n) is 17.3. The van der Waals surface area contributed by atoms with Gasteiger partial charge < -0.3 is 0 Å². The number of sulfonamides is 1. The Balaban J connectivity index is 1.19. The maximum atomic E-state index is 13.0. The van der Waals surface area contributed by atoms with E-state index >= 15 is 0 Å². The van der Waals surface area contributed by atoms with Crippen LogP contribution in [0, 0.1) is 23.2 Å². The Hall–Kier alpha value is -1.91. The zero-order valence-corrected chi connectivity index (χ0v) is 20.5. The molecule has 4 aliphatic rings. The van der Waals surface area contributed by atoms with Crippen LogP contribution in [0.25, 0.3) is 0 Å². The molecule has 0 saturated heterocycles. The maximum Gasteiger partial charge on any atom is 0.271 e. The second-order valence-corrected chi connectivity index (χ2v) is 13.7. The highest BCUT2D eigenvalue weighted by atomic mass is 79.9. The van der Waals surface area contributed by atoms with Gasteiger partial charge in [-0.15, -0.1) is 11.3 Å². The molecule has 170 valence electrons. The number of amides is 2. The largest absolute Gasteiger partial charge is 0.279 e. The number of rotatable bonds is 5. The Morgan fingerprint density at radius 2 is 1.50 bits per heavy atom. The van der Waals surface area contributed by atoms with Crippen LogP contribution in [0.3, 0.4) is 0 Å². The molecule has 3 N–H and O–H groups in total. The summed E-state index contributed by atoms with van der Waals surface area (Å²) in [6, 6.07) is 9.28. The average Bonchev–Trinajstić information content (AvgIpc) is 3.18. The van der Waals surface area contributed by atoms with E-state index in [0.29, 0.717) is 29.0 Å². The van der Waals surface area contributed by atoms with Gasteiger partial charge in [-0.3, -0.25) is 25.2 Å². The molecule has 2 aromatic rings. The number of halogens is 1. The molecule has 6 rings (SSSR count). The summed E-state index contributed by atoms with van der Waals surface area (Å²) < 4.78 is 28.3. The summed E-state index contributed by atoms with van der Waals surface area (Å²) in [7, 11) is -3.69. The molecule has 0 unspecified atom stereocenters. The van der Waals surface area contributed by atoms with Crippen molar-refractivity contribution in [2.24, 2.45) is 23.2 Å². The normalized spacial score (nSPS) is 28.3. The third kappa shape index (κ3) is 4.20. The van der Waals surface area contributed by atoms with Crippen LogP contribution in [0.2, 0.25) is 0 Å². The fourth-order valence-electron chi connectivity index (χ4n) is 6.04. The molecular formula is C22H24BrN3O4S2. The minimum Gasteiger partial charge on any atom is -0.279 e. The van der Waals surface area contributed by atoms with Gasteiger partial charge in [-0.1, -0.05) is 0 Å². The van der Waals surface area contributed by atoms with Gasteiger partial charge >= 0.3 is 0 Å². The molecule has 0 atom stereocenters. The lowest BCUT2D eigenvalue weighted by atomic mass is 9.49. The number of carbonyl (C=O) groups excluding carboxylic acids is 2. The van der Waals surface area contributed by atoms with Crippen molar-refractivity contribution in [3.05, 3.63) is 45.7 Å². The van der Waals surface area contributed by atoms with Crippen LogP contribution in [0.15, 0.2) is 44.4 Å². The second kappa shape index (κ2) is 8.14. The number of carbonyl (C=O) groups is 2. The van der Waals surface area contributed by atoms with Gasteiger partial charge in [0.05, 0.1) is 9.20 Å². The van der Waals surface area contributed by atoms with Gasteiger partial charge in [0.2, 0.25) is 5.91 Å². The summed E-state index contributed by atoms with van der Waals surface area (Å²) in [5.41, 5.74) is 5.55. The molecule has 4 fully saturated rings. The highest BCUT2D eigenvalue weighted by molar-refractivity contribution is 9.11. The summed E-state index contributed by atoms with van der Waals surface area (Å²) in [5, 5.41) is 0. The SMILES string of the molecule is O=C(NNC(=O)C12CC3CC(CC(C3)C1)C2)c1ccc(NS(=O)(=O)c2ccc(Br)s2)cc1. The molecule has 1 aromatic heterocycles. The first kappa shape index (κ1) is 21.9. The van der Waals surface area contributed by atoms with Crippen molar-refractivity contribution in [1.29, 1.82) is 0 Å². The summed E-state index contributed by atoms with van der Waals surface area (Å²) in [4.78, 5) is 25.5. The molecule has 2 amide bonds. The van der Waals surface area contributed by atoms with Gasteiger partial charge in [-0.05, 0) is 109 Å². The van der Waals surface area contributed by atoms with Gasteiger partial charge in [0.25, 0.3) is 15.9 Å². The minimum atomic E-state index is -3.69. The second-order valence-electron chi connectivity index (χ2n) is 9.35. The summed E-state index contributed by atoms with van der Waals surface area (Å²) >= 11 is 4.37. The number of hydrogen-bond acceptors (Lipinski definition) is 5. The molecule has 4 bridgehead atoms. The summed E-state index contributed by atoms with van der Waals surface area (Å²) in [6.07, 6.45) is 6.53. The van der Waals surface area contributed by atoms with E-state index in [2.05, 4.69) is 31.5 Å². The van der Waals surface area contributed by atoms with Crippen molar-refractivity contribution in [3.8, 4) is 0 Å². The molecule has 32 heavy (non-hydrogen) atoms. The monoisotopic (exact) mass is 537 g/mol. The standard InChI is InChI=1S/C22H24BrN3O4S2/c23-18-5-6-19(31-18)32(29,30)26-17-3-1-16(2-4-17)20(27)24-25-21(28)22-10-13-7-14(11-22)9-15(8-13)12-22/h1-6,13-15,26H,7-12H2,(H,24,27)(H,25,28). The van der Waals surface area contributed by atoms with E-state index in [1.165, 1.54) is 49.6 Å². The van der Waals surface area contributed by atoms with E-state index in [0.717, 1.165) is 34.4 Å². The summed E-state index contributed by atoms with van der Waals surface area (Å²) in [5.74, 6) is 1.44. The molecule has 0 aliphatic heterocycles. The highest BCUT2D eigenvalue weighted by Crippen LogP contribution is 2.60. The first-order valence-electron chi connectivity index (χ1n) is 10.7. The van der Waals surface area contributed by atoms with E-state index in [-0.39, 0.29) is 15.5 Å². The Morgan fingerprint density at radius 1 is 0.906 bits per heavy atom. The fraction of sp³-hybridized carbons (Fsp3) is 0.455.